The molecule has 146 valence electrons. The van der Waals surface area contributed by atoms with Gasteiger partial charge in [0.1, 0.15) is 0 Å². The number of hydrogen-bond donors (Lipinski definition) is 3. The normalized spacial score (nSPS) is 11.9. The molecule has 7 nitrogen and oxygen atoms in total. The van der Waals surface area contributed by atoms with Gasteiger partial charge in [-0.15, -0.1) is 0 Å². The van der Waals surface area contributed by atoms with Gasteiger partial charge in [0.2, 0.25) is 0 Å². The average molecular weight is 363 g/mol. The number of aliphatic imine (C=N–C) groups is 1. The van der Waals surface area contributed by atoms with E-state index in [-0.39, 0.29) is 5.91 Å². The van der Waals surface area contributed by atoms with Crippen molar-refractivity contribution in [3.63, 3.8) is 0 Å². The van der Waals surface area contributed by atoms with E-state index >= 15 is 0 Å². The van der Waals surface area contributed by atoms with Crippen molar-refractivity contribution in [2.45, 2.75) is 46.7 Å². The third-order valence-corrected chi connectivity index (χ3v) is 3.93. The van der Waals surface area contributed by atoms with Crippen molar-refractivity contribution in [3.05, 3.63) is 30.1 Å². The minimum absolute atomic E-state index is 0.119. The van der Waals surface area contributed by atoms with Crippen LogP contribution >= 0.6 is 0 Å². The second kappa shape index (κ2) is 12.2. The maximum atomic E-state index is 12.0. The summed E-state index contributed by atoms with van der Waals surface area (Å²) in [5, 5.41) is 9.35. The summed E-state index contributed by atoms with van der Waals surface area (Å²) in [6.45, 7) is 14.4. The predicted molar refractivity (Wildman–Crippen MR) is 108 cm³/mol. The summed E-state index contributed by atoms with van der Waals surface area (Å²) in [6.07, 6.45) is 3.21. The number of nitrogens with one attached hydrogen (secondary N) is 3. The molecule has 1 heterocycles. The van der Waals surface area contributed by atoms with Crippen LogP contribution in [0.4, 0.5) is 0 Å². The first-order valence-corrected chi connectivity index (χ1v) is 9.41. The number of pyridine rings is 1. The zero-order valence-electron chi connectivity index (χ0n) is 16.7. The Morgan fingerprint density at radius 3 is 2.42 bits per heavy atom. The molecule has 0 aliphatic heterocycles. The number of rotatable bonds is 10. The van der Waals surface area contributed by atoms with Gasteiger partial charge in [-0.05, 0) is 46.8 Å². The highest BCUT2D eigenvalue weighted by atomic mass is 16.1. The van der Waals surface area contributed by atoms with Crippen LogP contribution in [0.1, 0.15) is 45.0 Å². The van der Waals surface area contributed by atoms with E-state index in [4.69, 9.17) is 0 Å². The summed E-state index contributed by atoms with van der Waals surface area (Å²) in [5.74, 6) is 0.655. The SMILES string of the molecule is CCNC(=NCCN(C(C)C)C(C)C)NCCNC(=O)c1cccnc1. The maximum absolute atomic E-state index is 12.0. The van der Waals surface area contributed by atoms with Gasteiger partial charge in [-0.2, -0.15) is 0 Å². The first-order chi connectivity index (χ1) is 12.5. The summed E-state index contributed by atoms with van der Waals surface area (Å²) >= 11 is 0. The van der Waals surface area contributed by atoms with Gasteiger partial charge in [-0.1, -0.05) is 0 Å². The zero-order valence-corrected chi connectivity index (χ0v) is 16.7. The smallest absolute Gasteiger partial charge is 0.252 e. The fourth-order valence-electron chi connectivity index (χ4n) is 2.69. The average Bonchev–Trinajstić information content (AvgIpc) is 2.61. The number of guanidine groups is 1. The van der Waals surface area contributed by atoms with Gasteiger partial charge in [0.05, 0.1) is 12.1 Å². The molecule has 0 fully saturated rings. The Morgan fingerprint density at radius 2 is 1.85 bits per heavy atom. The summed E-state index contributed by atoms with van der Waals surface area (Å²) in [4.78, 5) is 22.9. The molecule has 1 rings (SSSR count). The van der Waals surface area contributed by atoms with Crippen molar-refractivity contribution in [2.24, 2.45) is 4.99 Å². The molecule has 7 heteroatoms. The van der Waals surface area contributed by atoms with Gasteiger partial charge in [0.25, 0.3) is 5.91 Å². The van der Waals surface area contributed by atoms with Crippen LogP contribution in [-0.2, 0) is 0 Å². The molecule has 0 aliphatic carbocycles. The Morgan fingerprint density at radius 1 is 1.15 bits per heavy atom. The number of carbonyl (C=O) groups excluding carboxylic acids is 1. The standard InChI is InChI=1S/C19H34N6O/c1-6-21-19(24-12-13-25(15(2)3)16(4)5)23-11-10-22-18(26)17-8-7-9-20-14-17/h7-9,14-16H,6,10-13H2,1-5H3,(H,22,26)(H2,21,23,24). The fourth-order valence-corrected chi connectivity index (χ4v) is 2.69. The Bertz CT molecular complexity index is 536. The van der Waals surface area contributed by atoms with Gasteiger partial charge in [0, 0.05) is 50.7 Å². The molecule has 0 atom stereocenters. The molecule has 0 saturated carbocycles. The van der Waals surface area contributed by atoms with Crippen LogP contribution in [0.3, 0.4) is 0 Å². The molecule has 0 unspecified atom stereocenters. The molecular weight excluding hydrogens is 328 g/mol. The first-order valence-electron chi connectivity index (χ1n) is 9.41. The van der Waals surface area contributed by atoms with Crippen molar-refractivity contribution in [1.29, 1.82) is 0 Å². The zero-order chi connectivity index (χ0) is 19.4. The molecule has 0 spiro atoms. The molecule has 0 saturated heterocycles. The molecule has 0 bridgehead atoms. The van der Waals surface area contributed by atoms with Gasteiger partial charge >= 0.3 is 0 Å². The Balaban J connectivity index is 2.39. The van der Waals surface area contributed by atoms with Gasteiger partial charge in [-0.3, -0.25) is 19.7 Å². The monoisotopic (exact) mass is 362 g/mol. The van der Waals surface area contributed by atoms with Crippen LogP contribution < -0.4 is 16.0 Å². The lowest BCUT2D eigenvalue weighted by Gasteiger charge is -2.29. The molecule has 1 amide bonds. The van der Waals surface area contributed by atoms with Crippen molar-refractivity contribution in [3.8, 4) is 0 Å². The number of nitrogens with zero attached hydrogens (tertiary/aromatic N) is 3. The topological polar surface area (TPSA) is 81.7 Å². The van der Waals surface area contributed by atoms with Gasteiger partial charge in [0.15, 0.2) is 5.96 Å². The summed E-state index contributed by atoms with van der Waals surface area (Å²) in [7, 11) is 0. The van der Waals surface area contributed by atoms with Crippen molar-refractivity contribution >= 4 is 11.9 Å². The first kappa shape index (κ1) is 21.9. The molecule has 0 aliphatic rings. The van der Waals surface area contributed by atoms with Crippen LogP contribution in [0, 0.1) is 0 Å². The Labute approximate surface area is 157 Å². The summed E-state index contributed by atoms with van der Waals surface area (Å²) in [6, 6.07) is 4.50. The quantitative estimate of drug-likeness (QED) is 0.334. The minimum atomic E-state index is -0.119. The van der Waals surface area contributed by atoms with E-state index in [1.807, 2.05) is 6.92 Å². The lowest BCUT2D eigenvalue weighted by atomic mass is 10.2. The van der Waals surface area contributed by atoms with Gasteiger partial charge < -0.3 is 16.0 Å². The summed E-state index contributed by atoms with van der Waals surface area (Å²) in [5.41, 5.74) is 0.565. The minimum Gasteiger partial charge on any atom is -0.357 e. The van der Waals surface area contributed by atoms with Crippen LogP contribution in [0.15, 0.2) is 29.5 Å². The predicted octanol–water partition coefficient (Wildman–Crippen LogP) is 1.49. The second-order valence-corrected chi connectivity index (χ2v) is 6.61. The highest BCUT2D eigenvalue weighted by Crippen LogP contribution is 2.03. The van der Waals surface area contributed by atoms with E-state index < -0.39 is 0 Å². The molecule has 1 aromatic rings. The van der Waals surface area contributed by atoms with E-state index in [0.717, 1.165) is 25.6 Å². The summed E-state index contributed by atoms with van der Waals surface area (Å²) < 4.78 is 0. The number of hydrogen-bond acceptors (Lipinski definition) is 4. The van der Waals surface area contributed by atoms with E-state index in [0.29, 0.717) is 30.7 Å². The Hall–Kier alpha value is -2.15. The molecule has 26 heavy (non-hydrogen) atoms. The molecule has 0 aromatic carbocycles. The largest absolute Gasteiger partial charge is 0.357 e. The number of amides is 1. The number of carbonyl (C=O) groups is 1. The maximum Gasteiger partial charge on any atom is 0.252 e. The highest BCUT2D eigenvalue weighted by molar-refractivity contribution is 5.93. The third kappa shape index (κ3) is 8.29. The van der Waals surface area contributed by atoms with Crippen LogP contribution in [0.2, 0.25) is 0 Å². The van der Waals surface area contributed by atoms with Crippen LogP contribution in [-0.4, -0.2) is 66.6 Å². The van der Waals surface area contributed by atoms with Crippen molar-refractivity contribution in [2.75, 3.05) is 32.7 Å². The second-order valence-electron chi connectivity index (χ2n) is 6.61. The molecular formula is C19H34N6O. The number of aromatic nitrogens is 1. The lowest BCUT2D eigenvalue weighted by molar-refractivity contribution is 0.0954. The van der Waals surface area contributed by atoms with Crippen LogP contribution in [0.25, 0.3) is 0 Å². The van der Waals surface area contributed by atoms with Gasteiger partial charge in [-0.25, -0.2) is 0 Å². The molecule has 0 radical (unpaired) electrons. The third-order valence-electron chi connectivity index (χ3n) is 3.93. The van der Waals surface area contributed by atoms with Crippen LogP contribution in [0.5, 0.6) is 0 Å². The molecule has 1 aromatic heterocycles. The fraction of sp³-hybridized carbons (Fsp3) is 0.632. The van der Waals surface area contributed by atoms with E-state index in [2.05, 4.69) is 58.5 Å². The lowest BCUT2D eigenvalue weighted by Crippen LogP contribution is -2.43. The molecule has 3 N–H and O–H groups in total. The Kier molecular flexibility index (Phi) is 10.3. The van der Waals surface area contributed by atoms with E-state index in [1.165, 1.54) is 0 Å². The van der Waals surface area contributed by atoms with Crippen molar-refractivity contribution in [1.82, 2.24) is 25.8 Å². The van der Waals surface area contributed by atoms with E-state index in [9.17, 15) is 4.79 Å². The van der Waals surface area contributed by atoms with E-state index in [1.54, 1.807) is 24.5 Å². The van der Waals surface area contributed by atoms with Crippen molar-refractivity contribution < 1.29 is 4.79 Å². The highest BCUT2D eigenvalue weighted by Gasteiger charge is 2.12.